The van der Waals surface area contributed by atoms with Gasteiger partial charge < -0.3 is 14.6 Å². The van der Waals surface area contributed by atoms with Crippen LogP contribution in [0.2, 0.25) is 0 Å². The first-order chi connectivity index (χ1) is 15.5. The number of benzene rings is 2. The number of aryl methyl sites for hydroxylation is 1. The molecule has 2 aromatic heterocycles. The average molecular weight is 446 g/mol. The first-order valence-corrected chi connectivity index (χ1v) is 10.8. The fourth-order valence-electron chi connectivity index (χ4n) is 3.69. The van der Waals surface area contributed by atoms with Gasteiger partial charge in [0.2, 0.25) is 5.88 Å². The maximum absolute atomic E-state index is 11.7. The van der Waals surface area contributed by atoms with Gasteiger partial charge in [0.1, 0.15) is 5.58 Å². The molecule has 32 heavy (non-hydrogen) atoms. The van der Waals surface area contributed by atoms with Crippen LogP contribution in [0.4, 0.5) is 11.4 Å². The third-order valence-corrected chi connectivity index (χ3v) is 6.25. The lowest BCUT2D eigenvalue weighted by Gasteiger charge is -2.03. The molecule has 1 aliphatic rings. The van der Waals surface area contributed by atoms with Gasteiger partial charge >= 0.3 is 5.63 Å². The summed E-state index contributed by atoms with van der Waals surface area (Å²) in [5.74, 6) is 0.0243. The Bertz CT molecular complexity index is 1540. The van der Waals surface area contributed by atoms with Gasteiger partial charge in [-0.25, -0.2) is 9.79 Å². The van der Waals surface area contributed by atoms with Crippen LogP contribution in [0.3, 0.4) is 0 Å². The summed E-state index contributed by atoms with van der Waals surface area (Å²) in [6, 6.07) is 14.6. The molecule has 0 radical (unpaired) electrons. The second-order valence-corrected chi connectivity index (χ2v) is 8.37. The molecule has 0 fully saturated rings. The zero-order chi connectivity index (χ0) is 22.2. The highest BCUT2D eigenvalue weighted by Crippen LogP contribution is 2.34. The van der Waals surface area contributed by atoms with Crippen molar-refractivity contribution < 1.29 is 14.6 Å². The molecule has 5 rings (SSSR count). The minimum atomic E-state index is -0.413. The van der Waals surface area contributed by atoms with Crippen molar-refractivity contribution in [3.05, 3.63) is 79.8 Å². The molecule has 3 heterocycles. The molecule has 2 N–H and O–H groups in total. The summed E-state index contributed by atoms with van der Waals surface area (Å²) in [6.07, 6.45) is 3.63. The number of aromatic hydroxyl groups is 1. The third-order valence-electron chi connectivity index (χ3n) is 5.24. The van der Waals surface area contributed by atoms with Crippen LogP contribution in [0.5, 0.6) is 5.88 Å². The Morgan fingerprint density at radius 3 is 2.91 bits per heavy atom. The topological polar surface area (TPSA) is 100 Å². The van der Waals surface area contributed by atoms with Crippen molar-refractivity contribution in [1.29, 1.82) is 0 Å². The molecule has 8 heteroatoms. The lowest BCUT2D eigenvalue weighted by Crippen LogP contribution is -2.16. The molecule has 0 aliphatic carbocycles. The molecule has 2 aromatic carbocycles. The maximum Gasteiger partial charge on any atom is 0.336 e. The van der Waals surface area contributed by atoms with Crippen molar-refractivity contribution >= 4 is 51.5 Å². The van der Waals surface area contributed by atoms with E-state index in [0.29, 0.717) is 20.9 Å². The van der Waals surface area contributed by atoms with E-state index >= 15 is 0 Å². The highest BCUT2D eigenvalue weighted by Gasteiger charge is 2.16. The van der Waals surface area contributed by atoms with Gasteiger partial charge in [-0.2, -0.15) is 0 Å². The van der Waals surface area contributed by atoms with E-state index in [1.54, 1.807) is 16.8 Å². The molecular formula is C24H19N3O4S. The summed E-state index contributed by atoms with van der Waals surface area (Å²) in [5, 5.41) is 21.2. The molecule has 160 valence electrons. The molecule has 0 unspecified atom stereocenters. The number of aliphatic hydroxyl groups is 1. The van der Waals surface area contributed by atoms with Crippen molar-refractivity contribution in [2.24, 2.45) is 9.98 Å². The van der Waals surface area contributed by atoms with E-state index in [1.807, 2.05) is 49.4 Å². The number of aliphatic hydroxyl groups excluding tert-OH is 1. The zero-order valence-electron chi connectivity index (χ0n) is 17.1. The summed E-state index contributed by atoms with van der Waals surface area (Å²) in [7, 11) is 0. The van der Waals surface area contributed by atoms with E-state index < -0.39 is 5.63 Å². The Balaban J connectivity index is 1.63. The van der Waals surface area contributed by atoms with E-state index in [2.05, 4.69) is 9.98 Å². The van der Waals surface area contributed by atoms with Crippen molar-refractivity contribution in [1.82, 2.24) is 4.57 Å². The molecule has 0 saturated heterocycles. The first-order valence-electron chi connectivity index (χ1n) is 10.0. The van der Waals surface area contributed by atoms with Crippen molar-refractivity contribution in [2.45, 2.75) is 13.5 Å². The normalized spacial score (nSPS) is 14.6. The van der Waals surface area contributed by atoms with Crippen LogP contribution in [0.1, 0.15) is 16.0 Å². The number of hydrogen-bond acceptors (Lipinski definition) is 7. The molecule has 4 aromatic rings. The van der Waals surface area contributed by atoms with Crippen LogP contribution >= 0.6 is 11.3 Å². The van der Waals surface area contributed by atoms with E-state index in [1.165, 1.54) is 17.4 Å². The van der Waals surface area contributed by atoms with E-state index in [4.69, 9.17) is 4.42 Å². The lowest BCUT2D eigenvalue weighted by molar-refractivity contribution is 0.265. The molecule has 0 amide bonds. The van der Waals surface area contributed by atoms with E-state index in [0.717, 1.165) is 27.8 Å². The van der Waals surface area contributed by atoms with E-state index in [9.17, 15) is 15.0 Å². The molecule has 0 spiro atoms. The fourth-order valence-corrected chi connectivity index (χ4v) is 4.71. The van der Waals surface area contributed by atoms with Crippen LogP contribution in [-0.2, 0) is 6.54 Å². The molecular weight excluding hydrogens is 426 g/mol. The SMILES string of the molecule is Cc1cc(=O)oc2cc(N=c3sc(C=C4C=Nc5ccccc54)c(O)n3CCO)ccc12. The van der Waals surface area contributed by atoms with Gasteiger partial charge in [-0.3, -0.25) is 9.56 Å². The predicted molar refractivity (Wildman–Crippen MR) is 126 cm³/mol. The summed E-state index contributed by atoms with van der Waals surface area (Å²) >= 11 is 1.30. The number of nitrogens with zero attached hydrogens (tertiary/aromatic N) is 3. The average Bonchev–Trinajstić information content (AvgIpc) is 3.30. The van der Waals surface area contributed by atoms with Crippen LogP contribution < -0.4 is 10.4 Å². The Hall–Kier alpha value is -3.75. The second kappa shape index (κ2) is 8.07. The minimum absolute atomic E-state index is 0.0243. The first kappa shape index (κ1) is 20.2. The number of thiazole rings is 1. The molecule has 0 bridgehead atoms. The van der Waals surface area contributed by atoms with Gasteiger partial charge in [0.05, 0.1) is 29.4 Å². The van der Waals surface area contributed by atoms with Crippen LogP contribution in [0, 0.1) is 6.92 Å². The second-order valence-electron chi connectivity index (χ2n) is 7.36. The molecule has 7 nitrogen and oxygen atoms in total. The Kier molecular flexibility index (Phi) is 5.08. The number of para-hydroxylation sites is 1. The third kappa shape index (κ3) is 3.59. The van der Waals surface area contributed by atoms with Crippen LogP contribution in [0.15, 0.2) is 67.7 Å². The number of aromatic nitrogens is 1. The van der Waals surface area contributed by atoms with Crippen LogP contribution in [-0.4, -0.2) is 27.6 Å². The Labute approximate surface area is 186 Å². The van der Waals surface area contributed by atoms with Crippen molar-refractivity contribution in [3.63, 3.8) is 0 Å². The smallest absolute Gasteiger partial charge is 0.336 e. The standard InChI is InChI=1S/C24H19N3O4S/c1-14-10-22(29)31-20-12-16(6-7-17(14)20)26-24-27(8-9-28)23(30)21(32-24)11-15-13-25-19-5-3-2-4-18(15)19/h2-7,10-13,28,30H,8-9H2,1H3. The number of rotatable bonds is 4. The minimum Gasteiger partial charge on any atom is -0.493 e. The monoisotopic (exact) mass is 445 g/mol. The summed E-state index contributed by atoms with van der Waals surface area (Å²) in [4.78, 5) is 21.9. The zero-order valence-corrected chi connectivity index (χ0v) is 18.0. The maximum atomic E-state index is 11.7. The summed E-state index contributed by atoms with van der Waals surface area (Å²) < 4.78 is 6.88. The fraction of sp³-hybridized carbons (Fsp3) is 0.125. The van der Waals surface area contributed by atoms with Crippen molar-refractivity contribution in [3.8, 4) is 5.88 Å². The van der Waals surface area contributed by atoms with Gasteiger partial charge in [0, 0.05) is 34.9 Å². The predicted octanol–water partition coefficient (Wildman–Crippen LogP) is 4.15. The van der Waals surface area contributed by atoms with Gasteiger partial charge in [-0.15, -0.1) is 0 Å². The van der Waals surface area contributed by atoms with Crippen molar-refractivity contribution in [2.75, 3.05) is 6.61 Å². The summed E-state index contributed by atoms with van der Waals surface area (Å²) in [5.41, 5.74) is 4.21. The van der Waals surface area contributed by atoms with E-state index in [-0.39, 0.29) is 19.0 Å². The highest BCUT2D eigenvalue weighted by atomic mass is 32.1. The number of allylic oxidation sites excluding steroid dienone is 1. The Morgan fingerprint density at radius 1 is 1.22 bits per heavy atom. The quantitative estimate of drug-likeness (QED) is 0.461. The Morgan fingerprint density at radius 2 is 2.06 bits per heavy atom. The van der Waals surface area contributed by atoms with Gasteiger partial charge in [0.15, 0.2) is 4.80 Å². The molecule has 0 saturated carbocycles. The van der Waals surface area contributed by atoms with Gasteiger partial charge in [-0.05, 0) is 36.8 Å². The highest BCUT2D eigenvalue weighted by molar-refractivity contribution is 7.10. The van der Waals surface area contributed by atoms with Gasteiger partial charge in [-0.1, -0.05) is 29.5 Å². The van der Waals surface area contributed by atoms with Gasteiger partial charge in [0.25, 0.3) is 0 Å². The summed E-state index contributed by atoms with van der Waals surface area (Å²) in [6.45, 7) is 1.90. The lowest BCUT2D eigenvalue weighted by atomic mass is 10.1. The molecule has 1 aliphatic heterocycles. The number of aliphatic imine (C=N–C) groups is 1. The van der Waals surface area contributed by atoms with Crippen LogP contribution in [0.25, 0.3) is 22.6 Å². The molecule has 0 atom stereocenters. The largest absolute Gasteiger partial charge is 0.493 e. The number of fused-ring (bicyclic) bond motifs is 2. The number of hydrogen-bond donors (Lipinski definition) is 2.